The molecule has 0 atom stereocenters. The van der Waals surface area contributed by atoms with Gasteiger partial charge < -0.3 is 5.32 Å². The molecule has 2 aliphatic carbocycles. The fraction of sp³-hybridized carbons (Fsp3) is 0.643. The van der Waals surface area contributed by atoms with Gasteiger partial charge in [0.15, 0.2) is 0 Å². The molecule has 0 bridgehead atoms. The molecule has 0 saturated heterocycles. The molecule has 0 aliphatic heterocycles. The van der Waals surface area contributed by atoms with Crippen molar-refractivity contribution in [3.8, 4) is 0 Å². The highest BCUT2D eigenvalue weighted by Crippen LogP contribution is 2.44. The number of halogens is 1. The molecular formula is C14H19BrN2S. The molecule has 3 rings (SSSR count). The second kappa shape index (κ2) is 5.93. The third-order valence-corrected chi connectivity index (χ3v) is 5.61. The highest BCUT2D eigenvalue weighted by molar-refractivity contribution is 9.10. The van der Waals surface area contributed by atoms with Crippen molar-refractivity contribution in [2.45, 2.75) is 36.8 Å². The predicted molar refractivity (Wildman–Crippen MR) is 79.9 cm³/mol. The van der Waals surface area contributed by atoms with Gasteiger partial charge in [0.25, 0.3) is 0 Å². The van der Waals surface area contributed by atoms with E-state index in [-0.39, 0.29) is 0 Å². The molecule has 0 amide bonds. The summed E-state index contributed by atoms with van der Waals surface area (Å²) in [5.41, 5.74) is 0. The van der Waals surface area contributed by atoms with E-state index in [0.717, 1.165) is 39.7 Å². The summed E-state index contributed by atoms with van der Waals surface area (Å²) < 4.78 is 1.11. The minimum absolute atomic E-state index is 0.817. The second-order valence-corrected chi connectivity index (χ2v) is 7.23. The summed E-state index contributed by atoms with van der Waals surface area (Å²) in [5.74, 6) is 3.08. The number of hydrogen-bond acceptors (Lipinski definition) is 3. The van der Waals surface area contributed by atoms with Crippen LogP contribution in [0.25, 0.3) is 0 Å². The lowest BCUT2D eigenvalue weighted by Gasteiger charge is -2.17. The number of pyridine rings is 1. The quantitative estimate of drug-likeness (QED) is 0.610. The Morgan fingerprint density at radius 1 is 1.33 bits per heavy atom. The average molecular weight is 327 g/mol. The Hall–Kier alpha value is -0.0600. The first-order chi connectivity index (χ1) is 8.84. The number of nitrogens with zero attached hydrogens (tertiary/aromatic N) is 1. The first kappa shape index (κ1) is 12.9. The summed E-state index contributed by atoms with van der Waals surface area (Å²) in [4.78, 5) is 4.38. The number of hydrogen-bond donors (Lipinski definition) is 1. The van der Waals surface area contributed by atoms with Crippen LogP contribution in [0.3, 0.4) is 0 Å². The van der Waals surface area contributed by atoms with Gasteiger partial charge in [0.1, 0.15) is 5.03 Å². The van der Waals surface area contributed by atoms with Gasteiger partial charge >= 0.3 is 0 Å². The van der Waals surface area contributed by atoms with E-state index in [1.54, 1.807) is 0 Å². The van der Waals surface area contributed by atoms with Crippen LogP contribution in [-0.4, -0.2) is 23.3 Å². The van der Waals surface area contributed by atoms with E-state index in [4.69, 9.17) is 0 Å². The van der Waals surface area contributed by atoms with Gasteiger partial charge in [-0.05, 0) is 65.6 Å². The molecule has 98 valence electrons. The Labute approximate surface area is 121 Å². The van der Waals surface area contributed by atoms with Gasteiger partial charge in [0.2, 0.25) is 0 Å². The molecule has 0 spiro atoms. The fourth-order valence-electron chi connectivity index (χ4n) is 2.48. The fourth-order valence-corrected chi connectivity index (χ4v) is 3.83. The molecule has 2 saturated carbocycles. The van der Waals surface area contributed by atoms with Crippen LogP contribution >= 0.6 is 27.7 Å². The molecule has 1 aromatic rings. The Morgan fingerprint density at radius 3 is 2.67 bits per heavy atom. The van der Waals surface area contributed by atoms with Crippen molar-refractivity contribution in [2.75, 3.05) is 12.3 Å². The normalized spacial score (nSPS) is 19.4. The predicted octanol–water partition coefficient (Wildman–Crippen LogP) is 3.71. The van der Waals surface area contributed by atoms with Crippen LogP contribution in [0.5, 0.6) is 0 Å². The molecule has 2 nitrogen and oxygen atoms in total. The summed E-state index contributed by atoms with van der Waals surface area (Å²) >= 11 is 5.37. The average Bonchev–Trinajstić information content (AvgIpc) is 3.25. The maximum absolute atomic E-state index is 4.38. The van der Waals surface area contributed by atoms with E-state index in [1.165, 1.54) is 25.7 Å². The molecule has 1 aromatic heterocycles. The van der Waals surface area contributed by atoms with Crippen molar-refractivity contribution in [3.05, 3.63) is 22.8 Å². The van der Waals surface area contributed by atoms with Crippen LogP contribution in [0.1, 0.15) is 25.7 Å². The van der Waals surface area contributed by atoms with E-state index in [0.29, 0.717) is 0 Å². The summed E-state index contributed by atoms with van der Waals surface area (Å²) in [7, 11) is 0. The lowest BCUT2D eigenvalue weighted by atomic mass is 10.1. The summed E-state index contributed by atoms with van der Waals surface area (Å²) in [5, 5.41) is 4.87. The smallest absolute Gasteiger partial charge is 0.110 e. The van der Waals surface area contributed by atoms with Crippen molar-refractivity contribution in [2.24, 2.45) is 11.8 Å². The van der Waals surface area contributed by atoms with Gasteiger partial charge in [-0.3, -0.25) is 0 Å². The highest BCUT2D eigenvalue weighted by Gasteiger charge is 2.40. The van der Waals surface area contributed by atoms with E-state index in [1.807, 2.05) is 24.0 Å². The lowest BCUT2D eigenvalue weighted by Crippen LogP contribution is -2.34. The van der Waals surface area contributed by atoms with E-state index in [2.05, 4.69) is 32.3 Å². The van der Waals surface area contributed by atoms with E-state index in [9.17, 15) is 0 Å². The third kappa shape index (κ3) is 3.49. The SMILES string of the molecule is Brc1cccnc1SCCNC(C1CC1)C1CC1. The number of thioether (sulfide) groups is 1. The van der Waals surface area contributed by atoms with Crippen LogP contribution in [0, 0.1) is 11.8 Å². The number of nitrogens with one attached hydrogen (secondary N) is 1. The minimum Gasteiger partial charge on any atom is -0.313 e. The first-order valence-corrected chi connectivity index (χ1v) is 8.59. The van der Waals surface area contributed by atoms with Gasteiger partial charge in [-0.2, -0.15) is 0 Å². The molecule has 2 fully saturated rings. The van der Waals surface area contributed by atoms with Gasteiger partial charge in [-0.15, -0.1) is 11.8 Å². The van der Waals surface area contributed by atoms with Crippen LogP contribution in [0.4, 0.5) is 0 Å². The molecule has 0 radical (unpaired) electrons. The number of aromatic nitrogens is 1. The van der Waals surface area contributed by atoms with Gasteiger partial charge in [0, 0.05) is 29.0 Å². The Bertz CT molecular complexity index is 393. The Kier molecular flexibility index (Phi) is 4.27. The summed E-state index contributed by atoms with van der Waals surface area (Å²) in [6.45, 7) is 1.10. The second-order valence-electron chi connectivity index (χ2n) is 5.29. The summed E-state index contributed by atoms with van der Waals surface area (Å²) in [6.07, 6.45) is 7.66. The molecule has 0 unspecified atom stereocenters. The maximum Gasteiger partial charge on any atom is 0.110 e. The summed E-state index contributed by atoms with van der Waals surface area (Å²) in [6, 6.07) is 4.83. The Balaban J connectivity index is 1.40. The third-order valence-electron chi connectivity index (χ3n) is 3.71. The van der Waals surface area contributed by atoms with Crippen molar-refractivity contribution in [1.82, 2.24) is 10.3 Å². The molecule has 2 aliphatic rings. The standard InChI is InChI=1S/C14H19BrN2S/c15-12-2-1-7-17-14(12)18-9-8-16-13(10-3-4-10)11-5-6-11/h1-2,7,10-11,13,16H,3-6,8-9H2. The van der Waals surface area contributed by atoms with Crippen LogP contribution in [-0.2, 0) is 0 Å². The first-order valence-electron chi connectivity index (χ1n) is 6.81. The largest absolute Gasteiger partial charge is 0.313 e. The van der Waals surface area contributed by atoms with Gasteiger partial charge in [0.05, 0.1) is 0 Å². The van der Waals surface area contributed by atoms with Crippen molar-refractivity contribution >= 4 is 27.7 Å². The molecule has 4 heteroatoms. The van der Waals surface area contributed by atoms with Gasteiger partial charge in [-0.1, -0.05) is 0 Å². The van der Waals surface area contributed by atoms with Crippen molar-refractivity contribution < 1.29 is 0 Å². The number of rotatable bonds is 7. The molecule has 0 aromatic carbocycles. The topological polar surface area (TPSA) is 24.9 Å². The van der Waals surface area contributed by atoms with Crippen LogP contribution < -0.4 is 5.32 Å². The van der Waals surface area contributed by atoms with Gasteiger partial charge in [-0.25, -0.2) is 4.98 Å². The zero-order valence-electron chi connectivity index (χ0n) is 10.4. The van der Waals surface area contributed by atoms with Crippen molar-refractivity contribution in [1.29, 1.82) is 0 Å². The van der Waals surface area contributed by atoms with E-state index < -0.39 is 0 Å². The van der Waals surface area contributed by atoms with E-state index >= 15 is 0 Å². The molecule has 1 N–H and O–H groups in total. The van der Waals surface area contributed by atoms with Crippen LogP contribution in [0.15, 0.2) is 27.8 Å². The molecule has 1 heterocycles. The molecular weight excluding hydrogens is 308 g/mol. The minimum atomic E-state index is 0.817. The monoisotopic (exact) mass is 326 g/mol. The lowest BCUT2D eigenvalue weighted by molar-refractivity contribution is 0.429. The van der Waals surface area contributed by atoms with Crippen molar-refractivity contribution in [3.63, 3.8) is 0 Å². The highest BCUT2D eigenvalue weighted by atomic mass is 79.9. The zero-order valence-corrected chi connectivity index (χ0v) is 12.8. The Morgan fingerprint density at radius 2 is 2.06 bits per heavy atom. The molecule has 18 heavy (non-hydrogen) atoms. The maximum atomic E-state index is 4.38. The van der Waals surface area contributed by atoms with Crippen LogP contribution in [0.2, 0.25) is 0 Å². The zero-order chi connectivity index (χ0) is 12.4.